The first kappa shape index (κ1) is 19.8. The van der Waals surface area contributed by atoms with Crippen LogP contribution in [0.4, 0.5) is 11.7 Å². The summed E-state index contributed by atoms with van der Waals surface area (Å²) < 4.78 is 11.0. The Bertz CT molecular complexity index is 1010. The SMILES string of the molecule is COc1ccccc1NC(=O)C(=O)NCC1CCN(c2nc3ccccc3o2)CC1. The van der Waals surface area contributed by atoms with E-state index in [1.165, 1.54) is 7.11 Å². The molecule has 0 spiro atoms. The predicted molar refractivity (Wildman–Crippen MR) is 114 cm³/mol. The Balaban J connectivity index is 1.25. The average molecular weight is 408 g/mol. The molecular weight excluding hydrogens is 384 g/mol. The summed E-state index contributed by atoms with van der Waals surface area (Å²) in [5.41, 5.74) is 2.10. The van der Waals surface area contributed by atoms with Gasteiger partial charge in [0.25, 0.3) is 6.01 Å². The van der Waals surface area contributed by atoms with Crippen LogP contribution in [0.2, 0.25) is 0 Å². The molecule has 1 fully saturated rings. The standard InChI is InChI=1S/C22H24N4O4/c1-29-18-8-4-2-6-16(18)24-21(28)20(27)23-14-15-10-12-26(13-11-15)22-25-17-7-3-5-9-19(17)30-22/h2-9,15H,10-14H2,1H3,(H,23,27)(H,24,28). The number of para-hydroxylation sites is 4. The lowest BCUT2D eigenvalue weighted by Gasteiger charge is -2.30. The molecule has 0 unspecified atom stereocenters. The predicted octanol–water partition coefficient (Wildman–Crippen LogP) is 2.81. The molecule has 2 heterocycles. The zero-order valence-corrected chi connectivity index (χ0v) is 16.8. The topological polar surface area (TPSA) is 96.7 Å². The second kappa shape index (κ2) is 8.86. The van der Waals surface area contributed by atoms with Gasteiger partial charge in [-0.15, -0.1) is 0 Å². The minimum atomic E-state index is -0.705. The summed E-state index contributed by atoms with van der Waals surface area (Å²) in [7, 11) is 1.51. The third kappa shape index (κ3) is 4.37. The number of nitrogens with one attached hydrogen (secondary N) is 2. The van der Waals surface area contributed by atoms with E-state index in [1.807, 2.05) is 24.3 Å². The number of ether oxygens (including phenoxy) is 1. The maximum absolute atomic E-state index is 12.2. The molecule has 0 atom stereocenters. The van der Waals surface area contributed by atoms with Crippen molar-refractivity contribution in [2.24, 2.45) is 5.92 Å². The summed E-state index contributed by atoms with van der Waals surface area (Å²) in [6.45, 7) is 2.04. The van der Waals surface area contributed by atoms with E-state index in [9.17, 15) is 9.59 Å². The van der Waals surface area contributed by atoms with Gasteiger partial charge in [-0.2, -0.15) is 4.98 Å². The van der Waals surface area contributed by atoms with Crippen LogP contribution in [0.3, 0.4) is 0 Å². The Morgan fingerprint density at radius 3 is 2.60 bits per heavy atom. The molecule has 0 bridgehead atoms. The number of hydrogen-bond acceptors (Lipinski definition) is 6. The zero-order chi connectivity index (χ0) is 20.9. The average Bonchev–Trinajstić information content (AvgIpc) is 3.22. The number of carbonyl (C=O) groups excluding carboxylic acids is 2. The summed E-state index contributed by atoms with van der Waals surface area (Å²) in [5, 5.41) is 5.32. The van der Waals surface area contributed by atoms with Crippen molar-refractivity contribution in [2.45, 2.75) is 12.8 Å². The Hall–Kier alpha value is -3.55. The van der Waals surface area contributed by atoms with Crippen LogP contribution in [0.15, 0.2) is 52.9 Å². The number of oxazole rings is 1. The van der Waals surface area contributed by atoms with Crippen molar-refractivity contribution in [1.82, 2.24) is 10.3 Å². The molecule has 30 heavy (non-hydrogen) atoms. The molecule has 156 valence electrons. The maximum atomic E-state index is 12.2. The monoisotopic (exact) mass is 408 g/mol. The van der Waals surface area contributed by atoms with Crippen LogP contribution < -0.4 is 20.3 Å². The van der Waals surface area contributed by atoms with Crippen LogP contribution in [-0.4, -0.2) is 43.5 Å². The largest absolute Gasteiger partial charge is 0.495 e. The fourth-order valence-corrected chi connectivity index (χ4v) is 3.57. The van der Waals surface area contributed by atoms with Crippen LogP contribution in [-0.2, 0) is 9.59 Å². The van der Waals surface area contributed by atoms with Gasteiger partial charge in [-0.3, -0.25) is 9.59 Å². The van der Waals surface area contributed by atoms with Crippen molar-refractivity contribution < 1.29 is 18.7 Å². The van der Waals surface area contributed by atoms with Crippen LogP contribution >= 0.6 is 0 Å². The minimum Gasteiger partial charge on any atom is -0.495 e. The van der Waals surface area contributed by atoms with Crippen molar-refractivity contribution >= 4 is 34.6 Å². The van der Waals surface area contributed by atoms with E-state index in [1.54, 1.807) is 24.3 Å². The van der Waals surface area contributed by atoms with Gasteiger partial charge in [0.05, 0.1) is 12.8 Å². The molecule has 0 aliphatic carbocycles. The van der Waals surface area contributed by atoms with Crippen LogP contribution in [0.1, 0.15) is 12.8 Å². The molecular formula is C22H24N4O4. The highest BCUT2D eigenvalue weighted by molar-refractivity contribution is 6.39. The highest BCUT2D eigenvalue weighted by atomic mass is 16.5. The zero-order valence-electron chi connectivity index (χ0n) is 16.8. The molecule has 0 radical (unpaired) electrons. The first-order chi connectivity index (χ1) is 14.6. The van der Waals surface area contributed by atoms with Crippen molar-refractivity contribution in [3.05, 3.63) is 48.5 Å². The van der Waals surface area contributed by atoms with E-state index in [2.05, 4.69) is 20.5 Å². The molecule has 2 aromatic carbocycles. The van der Waals surface area contributed by atoms with Crippen LogP contribution in [0.25, 0.3) is 11.1 Å². The normalized spacial score (nSPS) is 14.5. The number of anilines is 2. The molecule has 1 aromatic heterocycles. The first-order valence-corrected chi connectivity index (χ1v) is 9.97. The summed E-state index contributed by atoms with van der Waals surface area (Å²) in [5.74, 6) is -0.551. The Morgan fingerprint density at radius 1 is 1.10 bits per heavy atom. The molecule has 1 saturated heterocycles. The van der Waals surface area contributed by atoms with Gasteiger partial charge in [0.2, 0.25) is 0 Å². The van der Waals surface area contributed by atoms with Gasteiger partial charge >= 0.3 is 11.8 Å². The van der Waals surface area contributed by atoms with E-state index < -0.39 is 11.8 Å². The molecule has 2 amide bonds. The molecule has 8 heteroatoms. The minimum absolute atomic E-state index is 0.300. The number of fused-ring (bicyclic) bond motifs is 1. The van der Waals surface area contributed by atoms with Gasteiger partial charge in [-0.25, -0.2) is 0 Å². The number of nitrogens with zero attached hydrogens (tertiary/aromatic N) is 2. The van der Waals surface area contributed by atoms with Gasteiger partial charge < -0.3 is 24.7 Å². The third-order valence-corrected chi connectivity index (χ3v) is 5.28. The Labute approximate surface area is 174 Å². The molecule has 8 nitrogen and oxygen atoms in total. The van der Waals surface area contributed by atoms with Gasteiger partial charge in [-0.1, -0.05) is 24.3 Å². The van der Waals surface area contributed by atoms with E-state index in [0.29, 0.717) is 29.9 Å². The molecule has 1 aliphatic rings. The van der Waals surface area contributed by atoms with E-state index in [0.717, 1.165) is 37.0 Å². The van der Waals surface area contributed by atoms with Gasteiger partial charge in [0.1, 0.15) is 11.3 Å². The molecule has 2 N–H and O–H groups in total. The van der Waals surface area contributed by atoms with Gasteiger partial charge in [0.15, 0.2) is 5.58 Å². The first-order valence-electron chi connectivity index (χ1n) is 9.97. The number of rotatable bonds is 5. The summed E-state index contributed by atoms with van der Waals surface area (Å²) >= 11 is 0. The van der Waals surface area contributed by atoms with Crippen LogP contribution in [0, 0.1) is 5.92 Å². The summed E-state index contributed by atoms with van der Waals surface area (Å²) in [4.78, 5) is 31.0. The number of amides is 2. The number of aromatic nitrogens is 1. The number of methoxy groups -OCH3 is 1. The lowest BCUT2D eigenvalue weighted by Crippen LogP contribution is -2.42. The second-order valence-electron chi connectivity index (χ2n) is 7.26. The van der Waals surface area contributed by atoms with E-state index in [4.69, 9.17) is 9.15 Å². The van der Waals surface area contributed by atoms with Crippen molar-refractivity contribution in [3.63, 3.8) is 0 Å². The number of carbonyl (C=O) groups is 2. The smallest absolute Gasteiger partial charge is 0.313 e. The van der Waals surface area contributed by atoms with Crippen LogP contribution in [0.5, 0.6) is 5.75 Å². The third-order valence-electron chi connectivity index (χ3n) is 5.28. The Morgan fingerprint density at radius 2 is 1.83 bits per heavy atom. The number of piperidine rings is 1. The van der Waals surface area contributed by atoms with E-state index >= 15 is 0 Å². The highest BCUT2D eigenvalue weighted by Gasteiger charge is 2.24. The van der Waals surface area contributed by atoms with Crippen molar-refractivity contribution in [1.29, 1.82) is 0 Å². The lowest BCUT2D eigenvalue weighted by molar-refractivity contribution is -0.136. The number of hydrogen-bond donors (Lipinski definition) is 2. The Kier molecular flexibility index (Phi) is 5.83. The van der Waals surface area contributed by atoms with Gasteiger partial charge in [0, 0.05) is 19.6 Å². The number of benzene rings is 2. The fourth-order valence-electron chi connectivity index (χ4n) is 3.57. The quantitative estimate of drug-likeness (QED) is 0.630. The molecule has 0 saturated carbocycles. The highest BCUT2D eigenvalue weighted by Crippen LogP contribution is 2.26. The van der Waals surface area contributed by atoms with E-state index in [-0.39, 0.29) is 0 Å². The van der Waals surface area contributed by atoms with Crippen molar-refractivity contribution in [2.75, 3.05) is 37.0 Å². The summed E-state index contributed by atoms with van der Waals surface area (Å²) in [6.07, 6.45) is 1.76. The second-order valence-corrected chi connectivity index (χ2v) is 7.26. The summed E-state index contributed by atoms with van der Waals surface area (Å²) in [6, 6.07) is 15.3. The molecule has 3 aromatic rings. The lowest BCUT2D eigenvalue weighted by atomic mass is 9.97. The van der Waals surface area contributed by atoms with Crippen molar-refractivity contribution in [3.8, 4) is 5.75 Å². The maximum Gasteiger partial charge on any atom is 0.313 e. The molecule has 1 aliphatic heterocycles. The molecule has 4 rings (SSSR count). The fraction of sp³-hybridized carbons (Fsp3) is 0.318. The van der Waals surface area contributed by atoms with Gasteiger partial charge in [-0.05, 0) is 43.0 Å².